The molecule has 0 atom stereocenters. The smallest absolute Gasteiger partial charge is 0.255 e. The molecule has 0 unspecified atom stereocenters. The first-order chi connectivity index (χ1) is 13.8. The molecule has 3 rings (SSSR count). The average molecular weight is 412 g/mol. The SMILES string of the molecule is CN(C)S(=O)(=O)c1ccc(F)c(C(=O)NC(c2ccccc2)c2ccccc2)c1. The molecule has 1 amide bonds. The monoisotopic (exact) mass is 412 g/mol. The summed E-state index contributed by atoms with van der Waals surface area (Å²) in [5, 5.41) is 2.83. The molecule has 0 heterocycles. The largest absolute Gasteiger partial charge is 0.341 e. The van der Waals surface area contributed by atoms with Gasteiger partial charge in [0, 0.05) is 14.1 Å². The fourth-order valence-corrected chi connectivity index (χ4v) is 3.84. The van der Waals surface area contributed by atoms with Crippen LogP contribution in [-0.2, 0) is 10.0 Å². The molecular formula is C22H21FN2O3S. The maximum absolute atomic E-state index is 14.4. The third kappa shape index (κ3) is 4.52. The maximum Gasteiger partial charge on any atom is 0.255 e. The summed E-state index contributed by atoms with van der Waals surface area (Å²) >= 11 is 0. The van der Waals surface area contributed by atoms with Crippen LogP contribution < -0.4 is 5.32 Å². The Balaban J connectivity index is 1.99. The third-order valence-electron chi connectivity index (χ3n) is 4.50. The molecule has 0 radical (unpaired) electrons. The maximum atomic E-state index is 14.4. The van der Waals surface area contributed by atoms with Gasteiger partial charge in [-0.15, -0.1) is 0 Å². The van der Waals surface area contributed by atoms with Crippen LogP contribution in [0.5, 0.6) is 0 Å². The van der Waals surface area contributed by atoms with Gasteiger partial charge in [0.2, 0.25) is 10.0 Å². The topological polar surface area (TPSA) is 66.5 Å². The molecule has 150 valence electrons. The van der Waals surface area contributed by atoms with Crippen molar-refractivity contribution in [2.24, 2.45) is 0 Å². The summed E-state index contributed by atoms with van der Waals surface area (Å²) < 4.78 is 40.1. The van der Waals surface area contributed by atoms with Crippen molar-refractivity contribution in [3.63, 3.8) is 0 Å². The normalized spacial score (nSPS) is 11.6. The highest BCUT2D eigenvalue weighted by atomic mass is 32.2. The Morgan fingerprint density at radius 3 is 1.90 bits per heavy atom. The van der Waals surface area contributed by atoms with Crippen molar-refractivity contribution in [3.05, 3.63) is 101 Å². The van der Waals surface area contributed by atoms with Crippen molar-refractivity contribution in [2.75, 3.05) is 14.1 Å². The summed E-state index contributed by atoms with van der Waals surface area (Å²) in [5.41, 5.74) is 1.32. The lowest BCUT2D eigenvalue weighted by atomic mass is 9.98. The van der Waals surface area contributed by atoms with E-state index in [9.17, 15) is 17.6 Å². The zero-order chi connectivity index (χ0) is 21.0. The van der Waals surface area contributed by atoms with Gasteiger partial charge in [-0.25, -0.2) is 17.1 Å². The van der Waals surface area contributed by atoms with Crippen LogP contribution >= 0.6 is 0 Å². The van der Waals surface area contributed by atoms with Crippen molar-refractivity contribution >= 4 is 15.9 Å². The van der Waals surface area contributed by atoms with Gasteiger partial charge in [-0.1, -0.05) is 60.7 Å². The summed E-state index contributed by atoms with van der Waals surface area (Å²) in [4.78, 5) is 12.8. The molecule has 0 bridgehead atoms. The number of carbonyl (C=O) groups is 1. The van der Waals surface area contributed by atoms with Gasteiger partial charge in [0.15, 0.2) is 0 Å². The van der Waals surface area contributed by atoms with Crippen LogP contribution in [0.4, 0.5) is 4.39 Å². The lowest BCUT2D eigenvalue weighted by molar-refractivity contribution is 0.0938. The second-order valence-electron chi connectivity index (χ2n) is 6.66. The molecule has 7 heteroatoms. The molecular weight excluding hydrogens is 391 g/mol. The number of hydrogen-bond donors (Lipinski definition) is 1. The van der Waals surface area contributed by atoms with E-state index in [1.807, 2.05) is 60.7 Å². The van der Waals surface area contributed by atoms with Crippen LogP contribution in [0, 0.1) is 5.82 Å². The molecule has 0 aliphatic heterocycles. The molecule has 29 heavy (non-hydrogen) atoms. The molecule has 5 nitrogen and oxygen atoms in total. The first-order valence-corrected chi connectivity index (χ1v) is 10.4. The van der Waals surface area contributed by atoms with Crippen molar-refractivity contribution in [3.8, 4) is 0 Å². The number of carbonyl (C=O) groups excluding carboxylic acids is 1. The number of benzene rings is 3. The minimum atomic E-state index is -3.80. The van der Waals surface area contributed by atoms with E-state index in [-0.39, 0.29) is 10.5 Å². The summed E-state index contributed by atoms with van der Waals surface area (Å²) in [5.74, 6) is -1.49. The predicted molar refractivity (Wildman–Crippen MR) is 109 cm³/mol. The van der Waals surface area contributed by atoms with Crippen molar-refractivity contribution in [1.82, 2.24) is 9.62 Å². The second kappa shape index (κ2) is 8.55. The number of sulfonamides is 1. The van der Waals surface area contributed by atoms with Crippen LogP contribution in [0.15, 0.2) is 83.8 Å². The predicted octanol–water partition coefficient (Wildman–Crippen LogP) is 3.60. The highest BCUT2D eigenvalue weighted by Gasteiger charge is 2.23. The fourth-order valence-electron chi connectivity index (χ4n) is 2.91. The van der Waals surface area contributed by atoms with E-state index in [1.54, 1.807) is 0 Å². The Bertz CT molecular complexity index is 1060. The van der Waals surface area contributed by atoms with Crippen molar-refractivity contribution < 1.29 is 17.6 Å². The Kier molecular flexibility index (Phi) is 6.10. The van der Waals surface area contributed by atoms with E-state index >= 15 is 0 Å². The molecule has 0 saturated heterocycles. The van der Waals surface area contributed by atoms with E-state index in [2.05, 4.69) is 5.32 Å². The van der Waals surface area contributed by atoms with Crippen LogP contribution in [-0.4, -0.2) is 32.7 Å². The lowest BCUT2D eigenvalue weighted by Gasteiger charge is -2.20. The van der Waals surface area contributed by atoms with E-state index in [4.69, 9.17) is 0 Å². The molecule has 0 spiro atoms. The first-order valence-electron chi connectivity index (χ1n) is 8.93. The van der Waals surface area contributed by atoms with Crippen LogP contribution in [0.1, 0.15) is 27.5 Å². The molecule has 0 aliphatic carbocycles. The molecule has 3 aromatic rings. The Morgan fingerprint density at radius 1 is 0.897 bits per heavy atom. The van der Waals surface area contributed by atoms with Gasteiger partial charge >= 0.3 is 0 Å². The van der Waals surface area contributed by atoms with Gasteiger partial charge in [-0.3, -0.25) is 4.79 Å². The van der Waals surface area contributed by atoms with Crippen molar-refractivity contribution in [1.29, 1.82) is 0 Å². The Morgan fingerprint density at radius 2 is 1.41 bits per heavy atom. The number of rotatable bonds is 6. The summed E-state index contributed by atoms with van der Waals surface area (Å²) in [6.45, 7) is 0. The Hall–Kier alpha value is -3.03. The van der Waals surface area contributed by atoms with Gasteiger partial charge in [0.1, 0.15) is 5.82 Å². The minimum Gasteiger partial charge on any atom is -0.341 e. The van der Waals surface area contributed by atoms with Crippen molar-refractivity contribution in [2.45, 2.75) is 10.9 Å². The molecule has 0 fully saturated rings. The highest BCUT2D eigenvalue weighted by molar-refractivity contribution is 7.89. The van der Waals surface area contributed by atoms with E-state index in [1.165, 1.54) is 14.1 Å². The van der Waals surface area contributed by atoms with Crippen LogP contribution in [0.2, 0.25) is 0 Å². The van der Waals surface area contributed by atoms with Gasteiger partial charge in [-0.05, 0) is 29.3 Å². The fraction of sp³-hybridized carbons (Fsp3) is 0.136. The summed E-state index contributed by atoms with van der Waals surface area (Å²) in [7, 11) is -1.05. The van der Waals surface area contributed by atoms with E-state index in [0.29, 0.717) is 0 Å². The number of halogens is 1. The highest BCUT2D eigenvalue weighted by Crippen LogP contribution is 2.24. The van der Waals surface area contributed by atoms with Gasteiger partial charge in [0.05, 0.1) is 16.5 Å². The minimum absolute atomic E-state index is 0.148. The quantitative estimate of drug-likeness (QED) is 0.673. The second-order valence-corrected chi connectivity index (χ2v) is 8.81. The number of hydrogen-bond acceptors (Lipinski definition) is 3. The molecule has 0 saturated carbocycles. The van der Waals surface area contributed by atoms with Gasteiger partial charge in [-0.2, -0.15) is 0 Å². The zero-order valence-electron chi connectivity index (χ0n) is 16.0. The zero-order valence-corrected chi connectivity index (χ0v) is 16.9. The molecule has 0 aliphatic rings. The lowest BCUT2D eigenvalue weighted by Crippen LogP contribution is -2.30. The van der Waals surface area contributed by atoms with Crippen LogP contribution in [0.25, 0.3) is 0 Å². The van der Waals surface area contributed by atoms with E-state index < -0.39 is 27.8 Å². The Labute approximate surface area is 169 Å². The molecule has 0 aromatic heterocycles. The molecule has 3 aromatic carbocycles. The van der Waals surface area contributed by atoms with Gasteiger partial charge < -0.3 is 5.32 Å². The molecule has 1 N–H and O–H groups in total. The number of nitrogens with zero attached hydrogens (tertiary/aromatic N) is 1. The first kappa shape index (κ1) is 20.7. The van der Waals surface area contributed by atoms with Gasteiger partial charge in [0.25, 0.3) is 5.91 Å². The summed E-state index contributed by atoms with van der Waals surface area (Å²) in [6.07, 6.45) is 0. The van der Waals surface area contributed by atoms with Crippen LogP contribution in [0.3, 0.4) is 0 Å². The van der Waals surface area contributed by atoms with E-state index in [0.717, 1.165) is 33.6 Å². The number of nitrogens with one attached hydrogen (secondary N) is 1. The third-order valence-corrected chi connectivity index (χ3v) is 6.31. The standard InChI is InChI=1S/C22H21FN2O3S/c1-25(2)29(27,28)18-13-14-20(23)19(15-18)22(26)24-21(16-9-5-3-6-10-16)17-11-7-4-8-12-17/h3-15,21H,1-2H3,(H,24,26). The number of amides is 1. The summed E-state index contributed by atoms with van der Waals surface area (Å²) in [6, 6.07) is 21.3. The average Bonchev–Trinajstić information content (AvgIpc) is 2.73.